The number of amides is 2. The van der Waals surface area contributed by atoms with Gasteiger partial charge < -0.3 is 5.32 Å². The number of hydrogen-bond acceptors (Lipinski definition) is 3. The predicted molar refractivity (Wildman–Crippen MR) is 108 cm³/mol. The van der Waals surface area contributed by atoms with Crippen LogP contribution in [-0.2, 0) is 22.9 Å². The summed E-state index contributed by atoms with van der Waals surface area (Å²) in [6, 6.07) is 12.2. The molecule has 0 aromatic heterocycles. The largest absolute Gasteiger partial charge is 0.338 e. The Morgan fingerprint density at radius 3 is 2.67 bits per heavy atom. The lowest BCUT2D eigenvalue weighted by Crippen LogP contribution is -2.39. The lowest BCUT2D eigenvalue weighted by Gasteiger charge is -2.18. The van der Waals surface area contributed by atoms with Crippen LogP contribution >= 0.6 is 0 Å². The van der Waals surface area contributed by atoms with Crippen molar-refractivity contribution in [2.24, 2.45) is 0 Å². The minimum absolute atomic E-state index is 0.138. The number of rotatable bonds is 6. The number of para-hydroxylation sites is 1. The van der Waals surface area contributed by atoms with E-state index in [9.17, 15) is 13.2 Å². The van der Waals surface area contributed by atoms with Crippen molar-refractivity contribution in [2.75, 3.05) is 22.7 Å². The molecule has 27 heavy (non-hydrogen) atoms. The number of nitrogens with zero attached hydrogens (tertiary/aromatic N) is 1. The summed E-state index contributed by atoms with van der Waals surface area (Å²) >= 11 is 0. The number of sulfonamides is 1. The molecular weight excluding hydrogens is 362 g/mol. The maximum atomic E-state index is 12.8. The number of carbonyl (C=O) groups excluding carboxylic acids is 1. The maximum absolute atomic E-state index is 12.8. The van der Waals surface area contributed by atoms with Crippen LogP contribution in [0.1, 0.15) is 31.4 Å². The van der Waals surface area contributed by atoms with Crippen molar-refractivity contribution in [3.63, 3.8) is 0 Å². The van der Waals surface area contributed by atoms with Gasteiger partial charge in [0.1, 0.15) is 0 Å². The summed E-state index contributed by atoms with van der Waals surface area (Å²) in [5.41, 5.74) is 3.19. The third kappa shape index (κ3) is 4.08. The lowest BCUT2D eigenvalue weighted by atomic mass is 10.1. The zero-order valence-electron chi connectivity index (χ0n) is 15.7. The van der Waals surface area contributed by atoms with E-state index in [-0.39, 0.29) is 10.9 Å². The Bertz CT molecular complexity index is 941. The SMILES string of the molecule is CCCNC(=O)N1CCc2cc(S(=O)(=O)Nc3ccccc3CC)ccc21. The third-order valence-corrected chi connectivity index (χ3v) is 6.03. The normalized spacial score (nSPS) is 13.3. The van der Waals surface area contributed by atoms with E-state index in [1.54, 1.807) is 29.2 Å². The van der Waals surface area contributed by atoms with Crippen molar-refractivity contribution in [1.29, 1.82) is 0 Å². The highest BCUT2D eigenvalue weighted by atomic mass is 32.2. The van der Waals surface area contributed by atoms with E-state index in [1.165, 1.54) is 0 Å². The van der Waals surface area contributed by atoms with Crippen molar-refractivity contribution in [3.8, 4) is 0 Å². The number of urea groups is 1. The van der Waals surface area contributed by atoms with Gasteiger partial charge in [0.2, 0.25) is 0 Å². The molecule has 2 N–H and O–H groups in total. The van der Waals surface area contributed by atoms with Crippen molar-refractivity contribution in [1.82, 2.24) is 5.32 Å². The van der Waals surface area contributed by atoms with Crippen LogP contribution in [-0.4, -0.2) is 27.5 Å². The number of fused-ring (bicyclic) bond motifs is 1. The van der Waals surface area contributed by atoms with Crippen LogP contribution in [0.15, 0.2) is 47.4 Å². The standard InChI is InChI=1S/C20H25N3O3S/c1-3-12-21-20(24)23-13-11-16-14-17(9-10-19(16)23)27(25,26)22-18-8-6-5-7-15(18)4-2/h5-10,14,22H,3-4,11-13H2,1-2H3,(H,21,24). The van der Waals surface area contributed by atoms with E-state index in [1.807, 2.05) is 32.0 Å². The number of carbonyl (C=O) groups is 1. The second kappa shape index (κ2) is 8.00. The van der Waals surface area contributed by atoms with E-state index in [0.717, 1.165) is 29.7 Å². The molecule has 3 rings (SSSR count). The second-order valence-corrected chi connectivity index (χ2v) is 8.22. The van der Waals surface area contributed by atoms with E-state index in [2.05, 4.69) is 10.0 Å². The molecule has 2 aromatic carbocycles. The predicted octanol–water partition coefficient (Wildman–Crippen LogP) is 3.53. The van der Waals surface area contributed by atoms with E-state index >= 15 is 0 Å². The summed E-state index contributed by atoms with van der Waals surface area (Å²) < 4.78 is 28.3. The molecule has 0 bridgehead atoms. The van der Waals surface area contributed by atoms with Gasteiger partial charge in [0.15, 0.2) is 0 Å². The van der Waals surface area contributed by atoms with Gasteiger partial charge in [-0.1, -0.05) is 32.0 Å². The quantitative estimate of drug-likeness (QED) is 0.796. The van der Waals surface area contributed by atoms with Gasteiger partial charge in [-0.3, -0.25) is 9.62 Å². The molecule has 1 aliphatic rings. The summed E-state index contributed by atoms with van der Waals surface area (Å²) in [4.78, 5) is 14.1. The summed E-state index contributed by atoms with van der Waals surface area (Å²) in [5, 5.41) is 2.86. The van der Waals surface area contributed by atoms with Gasteiger partial charge in [-0.2, -0.15) is 0 Å². The van der Waals surface area contributed by atoms with Crippen molar-refractivity contribution >= 4 is 27.4 Å². The monoisotopic (exact) mass is 387 g/mol. The molecule has 2 amide bonds. The minimum atomic E-state index is -3.69. The zero-order valence-corrected chi connectivity index (χ0v) is 16.5. The topological polar surface area (TPSA) is 78.5 Å². The first kappa shape index (κ1) is 19.2. The smallest absolute Gasteiger partial charge is 0.321 e. The van der Waals surface area contributed by atoms with Crippen LogP contribution in [0.5, 0.6) is 0 Å². The Kier molecular flexibility index (Phi) is 5.70. The van der Waals surface area contributed by atoms with Crippen LogP contribution in [0.2, 0.25) is 0 Å². The van der Waals surface area contributed by atoms with Crippen LogP contribution in [0.3, 0.4) is 0 Å². The van der Waals surface area contributed by atoms with Crippen molar-refractivity contribution in [3.05, 3.63) is 53.6 Å². The molecule has 0 spiro atoms. The van der Waals surface area contributed by atoms with Crippen LogP contribution in [0.4, 0.5) is 16.2 Å². The molecule has 1 aliphatic heterocycles. The average Bonchev–Trinajstić information content (AvgIpc) is 3.09. The van der Waals surface area contributed by atoms with Gasteiger partial charge in [0.25, 0.3) is 10.0 Å². The fraction of sp³-hybridized carbons (Fsp3) is 0.350. The van der Waals surface area contributed by atoms with Crippen LogP contribution in [0, 0.1) is 0 Å². The Morgan fingerprint density at radius 1 is 1.15 bits per heavy atom. The molecule has 0 aliphatic carbocycles. The highest BCUT2D eigenvalue weighted by Gasteiger charge is 2.26. The Labute approximate surface area is 160 Å². The summed E-state index contributed by atoms with van der Waals surface area (Å²) in [6.07, 6.45) is 2.25. The molecule has 2 aromatic rings. The van der Waals surface area contributed by atoms with Crippen LogP contribution < -0.4 is 14.9 Å². The highest BCUT2D eigenvalue weighted by Crippen LogP contribution is 2.31. The van der Waals surface area contributed by atoms with Gasteiger partial charge in [0, 0.05) is 18.8 Å². The number of nitrogens with one attached hydrogen (secondary N) is 2. The minimum Gasteiger partial charge on any atom is -0.338 e. The Morgan fingerprint density at radius 2 is 1.93 bits per heavy atom. The number of benzene rings is 2. The molecule has 7 heteroatoms. The van der Waals surface area contributed by atoms with E-state index < -0.39 is 10.0 Å². The lowest BCUT2D eigenvalue weighted by molar-refractivity contribution is 0.247. The molecule has 1 heterocycles. The number of anilines is 2. The first-order valence-corrected chi connectivity index (χ1v) is 10.7. The first-order chi connectivity index (χ1) is 13.0. The van der Waals surface area contributed by atoms with Gasteiger partial charge in [-0.25, -0.2) is 13.2 Å². The molecular formula is C20H25N3O3S. The average molecular weight is 388 g/mol. The fourth-order valence-corrected chi connectivity index (χ4v) is 4.37. The fourth-order valence-electron chi connectivity index (χ4n) is 3.22. The van der Waals surface area contributed by atoms with E-state index in [0.29, 0.717) is 25.2 Å². The summed E-state index contributed by atoms with van der Waals surface area (Å²) in [6.45, 7) is 5.16. The Balaban J connectivity index is 1.83. The summed E-state index contributed by atoms with van der Waals surface area (Å²) in [7, 11) is -3.69. The molecule has 0 radical (unpaired) electrons. The van der Waals surface area contributed by atoms with Gasteiger partial charge >= 0.3 is 6.03 Å². The number of hydrogen-bond donors (Lipinski definition) is 2. The molecule has 0 saturated heterocycles. The van der Waals surface area contributed by atoms with Crippen molar-refractivity contribution in [2.45, 2.75) is 38.0 Å². The maximum Gasteiger partial charge on any atom is 0.321 e. The molecule has 0 unspecified atom stereocenters. The number of aryl methyl sites for hydroxylation is 1. The Hall–Kier alpha value is -2.54. The van der Waals surface area contributed by atoms with Crippen molar-refractivity contribution < 1.29 is 13.2 Å². The molecule has 0 fully saturated rings. The second-order valence-electron chi connectivity index (χ2n) is 6.54. The molecule has 6 nitrogen and oxygen atoms in total. The molecule has 0 atom stereocenters. The van der Waals surface area contributed by atoms with E-state index in [4.69, 9.17) is 0 Å². The zero-order chi connectivity index (χ0) is 19.4. The third-order valence-electron chi connectivity index (χ3n) is 4.67. The summed E-state index contributed by atoms with van der Waals surface area (Å²) in [5.74, 6) is 0. The van der Waals surface area contributed by atoms with Crippen LogP contribution in [0.25, 0.3) is 0 Å². The highest BCUT2D eigenvalue weighted by molar-refractivity contribution is 7.92. The van der Waals surface area contributed by atoms with Gasteiger partial charge in [-0.15, -0.1) is 0 Å². The van der Waals surface area contributed by atoms with Gasteiger partial charge in [-0.05, 0) is 54.7 Å². The first-order valence-electron chi connectivity index (χ1n) is 9.25. The van der Waals surface area contributed by atoms with Gasteiger partial charge in [0.05, 0.1) is 10.6 Å². The molecule has 0 saturated carbocycles. The molecule has 144 valence electrons.